The van der Waals surface area contributed by atoms with Gasteiger partial charge in [0, 0.05) is 13.0 Å². The first-order valence-corrected chi connectivity index (χ1v) is 6.87. The Bertz CT molecular complexity index is 396. The lowest BCUT2D eigenvalue weighted by Gasteiger charge is -2.10. The van der Waals surface area contributed by atoms with Crippen LogP contribution < -0.4 is 10.6 Å². The maximum atomic E-state index is 11.7. The second-order valence-electron chi connectivity index (χ2n) is 4.68. The van der Waals surface area contributed by atoms with Gasteiger partial charge in [-0.1, -0.05) is 23.7 Å². The van der Waals surface area contributed by atoms with Crippen molar-refractivity contribution in [3.8, 4) is 0 Å². The van der Waals surface area contributed by atoms with Gasteiger partial charge in [-0.15, -0.1) is 0 Å². The summed E-state index contributed by atoms with van der Waals surface area (Å²) in [6.45, 7) is 2.67. The summed E-state index contributed by atoms with van der Waals surface area (Å²) >= 11 is 5.97. The summed E-state index contributed by atoms with van der Waals surface area (Å²) in [7, 11) is 4.11. The second-order valence-corrected chi connectivity index (χ2v) is 5.09. The molecule has 0 aliphatic carbocycles. The van der Waals surface area contributed by atoms with Gasteiger partial charge in [-0.25, -0.2) is 0 Å². The van der Waals surface area contributed by atoms with Gasteiger partial charge in [0.15, 0.2) is 0 Å². The maximum Gasteiger partial charge on any atom is 0.225 e. The molecule has 0 saturated carbocycles. The predicted molar refractivity (Wildman–Crippen MR) is 80.7 cm³/mol. The highest BCUT2D eigenvalue weighted by atomic mass is 35.5. The predicted octanol–water partition coefficient (Wildman–Crippen LogP) is 2.21. The van der Waals surface area contributed by atoms with Gasteiger partial charge < -0.3 is 15.5 Å². The molecule has 1 aromatic carbocycles. The molecule has 0 aliphatic heterocycles. The van der Waals surface area contributed by atoms with Crippen molar-refractivity contribution in [2.75, 3.05) is 39.0 Å². The van der Waals surface area contributed by atoms with Crippen LogP contribution >= 0.6 is 11.6 Å². The molecule has 4 nitrogen and oxygen atoms in total. The molecule has 5 heteroatoms. The van der Waals surface area contributed by atoms with Crippen molar-refractivity contribution in [1.82, 2.24) is 10.2 Å². The van der Waals surface area contributed by atoms with E-state index in [0.29, 0.717) is 23.7 Å². The summed E-state index contributed by atoms with van der Waals surface area (Å²) in [5.74, 6) is -0.0202. The third-order valence-electron chi connectivity index (χ3n) is 2.64. The summed E-state index contributed by atoms with van der Waals surface area (Å²) in [4.78, 5) is 13.8. The van der Waals surface area contributed by atoms with E-state index < -0.39 is 0 Å². The molecule has 0 heterocycles. The lowest BCUT2D eigenvalue weighted by molar-refractivity contribution is -0.116. The van der Waals surface area contributed by atoms with Gasteiger partial charge >= 0.3 is 0 Å². The monoisotopic (exact) mass is 283 g/mol. The average Bonchev–Trinajstić information content (AvgIpc) is 2.36. The molecule has 0 atom stereocenters. The number of nitrogens with one attached hydrogen (secondary N) is 2. The zero-order chi connectivity index (χ0) is 14.1. The number of halogens is 1. The number of carbonyl (C=O) groups excluding carboxylic acids is 1. The average molecular weight is 284 g/mol. The Morgan fingerprint density at radius 2 is 2.00 bits per heavy atom. The van der Waals surface area contributed by atoms with Crippen LogP contribution in [-0.4, -0.2) is 44.5 Å². The van der Waals surface area contributed by atoms with E-state index in [2.05, 4.69) is 29.6 Å². The van der Waals surface area contributed by atoms with E-state index in [1.165, 1.54) is 0 Å². The van der Waals surface area contributed by atoms with Gasteiger partial charge in [-0.05, 0) is 45.7 Å². The van der Waals surface area contributed by atoms with Crippen molar-refractivity contribution in [3.63, 3.8) is 0 Å². The normalized spacial score (nSPS) is 10.7. The van der Waals surface area contributed by atoms with Crippen LogP contribution in [0.3, 0.4) is 0 Å². The third-order valence-corrected chi connectivity index (χ3v) is 2.97. The van der Waals surface area contributed by atoms with Crippen molar-refractivity contribution in [1.29, 1.82) is 0 Å². The van der Waals surface area contributed by atoms with Crippen molar-refractivity contribution in [3.05, 3.63) is 29.3 Å². The molecule has 0 bridgehead atoms. The quantitative estimate of drug-likeness (QED) is 0.719. The first kappa shape index (κ1) is 16.0. The molecule has 1 rings (SSSR count). The molecule has 19 heavy (non-hydrogen) atoms. The Hall–Kier alpha value is -1.10. The highest BCUT2D eigenvalue weighted by Gasteiger charge is 2.04. The van der Waals surface area contributed by atoms with Crippen LogP contribution in [0.4, 0.5) is 5.69 Å². The number of amides is 1. The minimum Gasteiger partial charge on any atom is -0.325 e. The fourth-order valence-electron chi connectivity index (χ4n) is 1.62. The van der Waals surface area contributed by atoms with Gasteiger partial charge in [0.05, 0.1) is 10.7 Å². The van der Waals surface area contributed by atoms with E-state index >= 15 is 0 Å². The van der Waals surface area contributed by atoms with Gasteiger partial charge in [-0.2, -0.15) is 0 Å². The first-order chi connectivity index (χ1) is 9.09. The molecule has 0 spiro atoms. The fraction of sp³-hybridized carbons (Fsp3) is 0.500. The molecule has 0 radical (unpaired) electrons. The lowest BCUT2D eigenvalue weighted by atomic mass is 10.3. The van der Waals surface area contributed by atoms with E-state index in [0.717, 1.165) is 19.5 Å². The Labute approximate surface area is 120 Å². The van der Waals surface area contributed by atoms with Crippen molar-refractivity contribution in [2.24, 2.45) is 0 Å². The van der Waals surface area contributed by atoms with Crippen LogP contribution in [0, 0.1) is 0 Å². The zero-order valence-electron chi connectivity index (χ0n) is 11.6. The Kier molecular flexibility index (Phi) is 7.48. The molecule has 0 unspecified atom stereocenters. The number of carbonyl (C=O) groups is 1. The smallest absolute Gasteiger partial charge is 0.225 e. The molecule has 106 valence electrons. The second kappa shape index (κ2) is 8.91. The first-order valence-electron chi connectivity index (χ1n) is 6.49. The maximum absolute atomic E-state index is 11.7. The SMILES string of the molecule is CN(C)CCCNCCC(=O)Nc1ccccc1Cl. The van der Waals surface area contributed by atoms with Gasteiger partial charge in [0.1, 0.15) is 0 Å². The summed E-state index contributed by atoms with van der Waals surface area (Å²) in [6.07, 6.45) is 1.53. The molecule has 1 aromatic rings. The summed E-state index contributed by atoms with van der Waals surface area (Å²) in [6, 6.07) is 7.24. The highest BCUT2D eigenvalue weighted by Crippen LogP contribution is 2.20. The Balaban J connectivity index is 2.13. The van der Waals surface area contributed by atoms with Crippen molar-refractivity contribution < 1.29 is 4.79 Å². The minimum atomic E-state index is -0.0202. The summed E-state index contributed by atoms with van der Waals surface area (Å²) in [5.41, 5.74) is 0.668. The molecule has 2 N–H and O–H groups in total. The Morgan fingerprint density at radius 1 is 1.26 bits per heavy atom. The number of benzene rings is 1. The van der Waals surface area contributed by atoms with Crippen molar-refractivity contribution >= 4 is 23.2 Å². The van der Waals surface area contributed by atoms with E-state index in [1.807, 2.05) is 12.1 Å². The number of hydrogen-bond acceptors (Lipinski definition) is 3. The van der Waals surface area contributed by atoms with Crippen LogP contribution in [-0.2, 0) is 4.79 Å². The van der Waals surface area contributed by atoms with Crippen LogP contribution in [0.5, 0.6) is 0 Å². The number of para-hydroxylation sites is 1. The van der Waals surface area contributed by atoms with E-state index in [4.69, 9.17) is 11.6 Å². The standard InChI is InChI=1S/C14H22ClN3O/c1-18(2)11-5-9-16-10-8-14(19)17-13-7-4-3-6-12(13)15/h3-4,6-7,16H,5,8-11H2,1-2H3,(H,17,19). The number of rotatable bonds is 8. The van der Waals surface area contributed by atoms with Gasteiger partial charge in [0.2, 0.25) is 5.91 Å². The molecule has 0 aromatic heterocycles. The topological polar surface area (TPSA) is 44.4 Å². The Morgan fingerprint density at radius 3 is 2.68 bits per heavy atom. The van der Waals surface area contributed by atoms with Crippen LogP contribution in [0.15, 0.2) is 24.3 Å². The number of anilines is 1. The molecular weight excluding hydrogens is 262 g/mol. The van der Waals surface area contributed by atoms with Gasteiger partial charge in [0.25, 0.3) is 0 Å². The van der Waals surface area contributed by atoms with E-state index in [-0.39, 0.29) is 5.91 Å². The number of hydrogen-bond donors (Lipinski definition) is 2. The fourth-order valence-corrected chi connectivity index (χ4v) is 1.81. The van der Waals surface area contributed by atoms with E-state index in [1.54, 1.807) is 12.1 Å². The third kappa shape index (κ3) is 7.15. The van der Waals surface area contributed by atoms with Crippen molar-refractivity contribution in [2.45, 2.75) is 12.8 Å². The zero-order valence-corrected chi connectivity index (χ0v) is 12.3. The molecule has 0 aliphatic rings. The highest BCUT2D eigenvalue weighted by molar-refractivity contribution is 6.33. The molecule has 0 fully saturated rings. The van der Waals surface area contributed by atoms with Gasteiger partial charge in [-0.3, -0.25) is 4.79 Å². The lowest BCUT2D eigenvalue weighted by Crippen LogP contribution is -2.25. The summed E-state index contributed by atoms with van der Waals surface area (Å²) in [5, 5.41) is 6.62. The van der Waals surface area contributed by atoms with Crippen LogP contribution in [0.1, 0.15) is 12.8 Å². The number of nitrogens with zero attached hydrogens (tertiary/aromatic N) is 1. The van der Waals surface area contributed by atoms with E-state index in [9.17, 15) is 4.79 Å². The van der Waals surface area contributed by atoms with Crippen LogP contribution in [0.2, 0.25) is 5.02 Å². The minimum absolute atomic E-state index is 0.0202. The van der Waals surface area contributed by atoms with Crippen LogP contribution in [0.25, 0.3) is 0 Å². The summed E-state index contributed by atoms with van der Waals surface area (Å²) < 4.78 is 0. The molecule has 1 amide bonds. The largest absolute Gasteiger partial charge is 0.325 e. The molecule has 0 saturated heterocycles. The molecular formula is C14H22ClN3O.